The highest BCUT2D eigenvalue weighted by Crippen LogP contribution is 2.11. The van der Waals surface area contributed by atoms with E-state index in [1.807, 2.05) is 29.8 Å². The molecule has 1 atom stereocenters. The van der Waals surface area contributed by atoms with Crippen molar-refractivity contribution in [3.8, 4) is 5.82 Å². The molecule has 0 spiro atoms. The number of aryl methyl sites for hydroxylation is 1. The predicted molar refractivity (Wildman–Crippen MR) is 88.5 cm³/mol. The monoisotopic (exact) mass is 349 g/mol. The van der Waals surface area contributed by atoms with E-state index in [0.29, 0.717) is 13.0 Å². The molecule has 0 radical (unpaired) electrons. The predicted octanol–water partition coefficient (Wildman–Crippen LogP) is 0.562. The second-order valence-electron chi connectivity index (χ2n) is 5.79. The van der Waals surface area contributed by atoms with Crippen molar-refractivity contribution in [3.05, 3.63) is 42.1 Å². The van der Waals surface area contributed by atoms with E-state index >= 15 is 0 Å². The Labute approximate surface area is 140 Å². The molecule has 0 aromatic carbocycles. The maximum atomic E-state index is 11.9. The van der Waals surface area contributed by atoms with Gasteiger partial charge in [0.05, 0.1) is 11.5 Å². The number of amides is 2. The molecule has 1 saturated heterocycles. The van der Waals surface area contributed by atoms with Crippen LogP contribution in [0.4, 0.5) is 4.79 Å². The summed E-state index contributed by atoms with van der Waals surface area (Å²) in [5, 5.41) is 5.44. The van der Waals surface area contributed by atoms with Crippen LogP contribution in [0.15, 0.2) is 30.7 Å². The Balaban J connectivity index is 1.57. The number of imidazole rings is 1. The number of aromatic nitrogens is 3. The molecular weight excluding hydrogens is 330 g/mol. The summed E-state index contributed by atoms with van der Waals surface area (Å²) in [4.78, 5) is 20.4. The molecule has 2 aromatic rings. The standard InChI is InChI=1S/C15H19N5O3S/c1-11-16-5-6-20(11)14-8-12(2-4-17-14)9-18-15(21)19-13-3-7-24(22,23)10-13/h2,4-6,8,13H,3,7,9-10H2,1H3,(H2,18,19,21)/t13-/m0/s1. The fourth-order valence-corrected chi connectivity index (χ4v) is 4.32. The van der Waals surface area contributed by atoms with Gasteiger partial charge in [-0.05, 0) is 31.0 Å². The molecule has 0 saturated carbocycles. The average molecular weight is 349 g/mol. The van der Waals surface area contributed by atoms with E-state index in [0.717, 1.165) is 17.2 Å². The Morgan fingerprint density at radius 2 is 2.21 bits per heavy atom. The van der Waals surface area contributed by atoms with Crippen molar-refractivity contribution in [1.29, 1.82) is 0 Å². The highest BCUT2D eigenvalue weighted by atomic mass is 32.2. The van der Waals surface area contributed by atoms with Gasteiger partial charge in [-0.25, -0.2) is 23.2 Å². The normalized spacial score (nSPS) is 19.1. The van der Waals surface area contributed by atoms with Crippen molar-refractivity contribution in [2.75, 3.05) is 11.5 Å². The number of hydrogen-bond donors (Lipinski definition) is 2. The summed E-state index contributed by atoms with van der Waals surface area (Å²) in [7, 11) is -3.00. The molecule has 24 heavy (non-hydrogen) atoms. The van der Waals surface area contributed by atoms with Gasteiger partial charge < -0.3 is 10.6 Å². The largest absolute Gasteiger partial charge is 0.334 e. The lowest BCUT2D eigenvalue weighted by Gasteiger charge is -2.12. The van der Waals surface area contributed by atoms with Crippen molar-refractivity contribution >= 4 is 15.9 Å². The number of sulfone groups is 1. The molecule has 3 heterocycles. The Kier molecular flexibility index (Phi) is 4.52. The van der Waals surface area contributed by atoms with E-state index in [9.17, 15) is 13.2 Å². The van der Waals surface area contributed by atoms with E-state index < -0.39 is 9.84 Å². The molecule has 0 unspecified atom stereocenters. The number of carbonyl (C=O) groups is 1. The number of nitrogens with zero attached hydrogens (tertiary/aromatic N) is 3. The van der Waals surface area contributed by atoms with E-state index in [1.54, 1.807) is 12.4 Å². The van der Waals surface area contributed by atoms with Gasteiger partial charge in [0.1, 0.15) is 11.6 Å². The third-order valence-corrected chi connectivity index (χ3v) is 5.67. The molecule has 0 aliphatic carbocycles. The first-order chi connectivity index (χ1) is 11.4. The summed E-state index contributed by atoms with van der Waals surface area (Å²) in [6.45, 7) is 2.21. The van der Waals surface area contributed by atoms with Crippen LogP contribution in [0, 0.1) is 6.92 Å². The molecule has 1 fully saturated rings. The van der Waals surface area contributed by atoms with Gasteiger partial charge in [-0.3, -0.25) is 4.57 Å². The lowest BCUT2D eigenvalue weighted by molar-refractivity contribution is 0.237. The zero-order chi connectivity index (χ0) is 17.2. The van der Waals surface area contributed by atoms with Crippen LogP contribution >= 0.6 is 0 Å². The average Bonchev–Trinajstić information content (AvgIpc) is 3.11. The first kappa shape index (κ1) is 16.4. The van der Waals surface area contributed by atoms with Gasteiger partial charge >= 0.3 is 6.03 Å². The zero-order valence-electron chi connectivity index (χ0n) is 13.3. The van der Waals surface area contributed by atoms with Crippen molar-refractivity contribution in [1.82, 2.24) is 25.2 Å². The van der Waals surface area contributed by atoms with Gasteiger partial charge in [-0.2, -0.15) is 0 Å². The van der Waals surface area contributed by atoms with Gasteiger partial charge in [-0.15, -0.1) is 0 Å². The maximum absolute atomic E-state index is 11.9. The SMILES string of the molecule is Cc1nccn1-c1cc(CNC(=O)N[C@H]2CCS(=O)(=O)C2)ccn1. The Bertz CT molecular complexity index is 846. The van der Waals surface area contributed by atoms with Gasteiger partial charge in [0.25, 0.3) is 0 Å². The number of urea groups is 1. The molecule has 2 amide bonds. The third kappa shape index (κ3) is 3.91. The smallest absolute Gasteiger partial charge is 0.315 e. The summed E-state index contributed by atoms with van der Waals surface area (Å²) in [6, 6.07) is 3.01. The first-order valence-corrected chi connectivity index (χ1v) is 9.45. The van der Waals surface area contributed by atoms with E-state index in [4.69, 9.17) is 0 Å². The molecule has 2 aromatic heterocycles. The zero-order valence-corrected chi connectivity index (χ0v) is 14.1. The number of rotatable bonds is 4. The van der Waals surface area contributed by atoms with Crippen LogP contribution in [-0.2, 0) is 16.4 Å². The minimum absolute atomic E-state index is 0.0136. The highest BCUT2D eigenvalue weighted by molar-refractivity contribution is 7.91. The van der Waals surface area contributed by atoms with E-state index in [2.05, 4.69) is 20.6 Å². The van der Waals surface area contributed by atoms with Crippen LogP contribution in [0.5, 0.6) is 0 Å². The van der Waals surface area contributed by atoms with Crippen LogP contribution < -0.4 is 10.6 Å². The minimum Gasteiger partial charge on any atom is -0.334 e. The van der Waals surface area contributed by atoms with Crippen LogP contribution in [0.1, 0.15) is 17.8 Å². The maximum Gasteiger partial charge on any atom is 0.315 e. The van der Waals surface area contributed by atoms with Crippen molar-refractivity contribution < 1.29 is 13.2 Å². The van der Waals surface area contributed by atoms with Gasteiger partial charge in [-0.1, -0.05) is 0 Å². The number of carbonyl (C=O) groups excluding carboxylic acids is 1. The van der Waals surface area contributed by atoms with Crippen LogP contribution in [0.3, 0.4) is 0 Å². The molecule has 1 aliphatic rings. The fourth-order valence-electron chi connectivity index (χ4n) is 2.65. The second kappa shape index (κ2) is 6.60. The second-order valence-corrected chi connectivity index (χ2v) is 8.02. The van der Waals surface area contributed by atoms with Crippen LogP contribution in [0.25, 0.3) is 5.82 Å². The lowest BCUT2D eigenvalue weighted by atomic mass is 10.2. The Morgan fingerprint density at radius 1 is 1.38 bits per heavy atom. The number of hydrogen-bond acceptors (Lipinski definition) is 5. The summed E-state index contributed by atoms with van der Waals surface area (Å²) < 4.78 is 24.6. The van der Waals surface area contributed by atoms with Gasteiger partial charge in [0.15, 0.2) is 9.84 Å². The fraction of sp³-hybridized carbons (Fsp3) is 0.400. The van der Waals surface area contributed by atoms with Gasteiger partial charge in [0.2, 0.25) is 0 Å². The molecule has 2 N–H and O–H groups in total. The third-order valence-electron chi connectivity index (χ3n) is 3.90. The topological polar surface area (TPSA) is 106 Å². The molecule has 128 valence electrons. The quantitative estimate of drug-likeness (QED) is 0.839. The Morgan fingerprint density at radius 3 is 2.88 bits per heavy atom. The molecular formula is C15H19N5O3S. The summed E-state index contributed by atoms with van der Waals surface area (Å²) in [5.41, 5.74) is 0.891. The van der Waals surface area contributed by atoms with Crippen molar-refractivity contribution in [2.24, 2.45) is 0 Å². The van der Waals surface area contributed by atoms with Crippen molar-refractivity contribution in [3.63, 3.8) is 0 Å². The Hall–Kier alpha value is -2.42. The minimum atomic E-state index is -3.00. The summed E-state index contributed by atoms with van der Waals surface area (Å²) in [6.07, 6.45) is 5.66. The molecule has 1 aliphatic heterocycles. The molecule has 8 nitrogen and oxygen atoms in total. The molecule has 3 rings (SSSR count). The summed E-state index contributed by atoms with van der Waals surface area (Å²) in [5.74, 6) is 1.70. The first-order valence-electron chi connectivity index (χ1n) is 7.63. The number of nitrogens with one attached hydrogen (secondary N) is 2. The van der Waals surface area contributed by atoms with Gasteiger partial charge in [0, 0.05) is 31.2 Å². The van der Waals surface area contributed by atoms with E-state index in [1.165, 1.54) is 0 Å². The van der Waals surface area contributed by atoms with Crippen molar-refractivity contribution in [2.45, 2.75) is 25.9 Å². The summed E-state index contributed by atoms with van der Waals surface area (Å²) >= 11 is 0. The highest BCUT2D eigenvalue weighted by Gasteiger charge is 2.28. The van der Waals surface area contributed by atoms with E-state index in [-0.39, 0.29) is 23.6 Å². The number of pyridine rings is 1. The molecule has 9 heteroatoms. The van der Waals surface area contributed by atoms with Crippen LogP contribution in [0.2, 0.25) is 0 Å². The van der Waals surface area contributed by atoms with Crippen LogP contribution in [-0.4, -0.2) is 46.5 Å². The molecule has 0 bridgehead atoms. The lowest BCUT2D eigenvalue weighted by Crippen LogP contribution is -2.42.